The average molecular weight is 277 g/mol. The molecule has 0 saturated heterocycles. The molecule has 0 atom stereocenters. The van der Waals surface area contributed by atoms with Crippen molar-refractivity contribution in [2.45, 2.75) is 26.8 Å². The van der Waals surface area contributed by atoms with Gasteiger partial charge in [-0.15, -0.1) is 11.3 Å². The van der Waals surface area contributed by atoms with Gasteiger partial charge in [-0.25, -0.2) is 18.1 Å². The lowest BCUT2D eigenvalue weighted by Gasteiger charge is -2.05. The van der Waals surface area contributed by atoms with Crippen LogP contribution in [0.2, 0.25) is 0 Å². The van der Waals surface area contributed by atoms with E-state index in [2.05, 4.69) is 21.9 Å². The summed E-state index contributed by atoms with van der Waals surface area (Å²) >= 11 is 1.55. The third kappa shape index (κ3) is 5.58. The van der Waals surface area contributed by atoms with Crippen LogP contribution in [-0.4, -0.2) is 32.2 Å². The predicted octanol–water partition coefficient (Wildman–Crippen LogP) is 0.734. The SMILES string of the molecule is CCNCCS(=O)(=O)NCc1ncc(CC)s1. The Balaban J connectivity index is 2.38. The van der Waals surface area contributed by atoms with Crippen molar-refractivity contribution in [3.05, 3.63) is 16.1 Å². The first-order chi connectivity index (χ1) is 8.07. The molecule has 0 radical (unpaired) electrons. The second-order valence-electron chi connectivity index (χ2n) is 3.57. The van der Waals surface area contributed by atoms with Crippen molar-refractivity contribution in [2.24, 2.45) is 0 Å². The highest BCUT2D eigenvalue weighted by atomic mass is 32.2. The Bertz CT molecular complexity index is 429. The molecule has 0 spiro atoms. The van der Waals surface area contributed by atoms with E-state index in [9.17, 15) is 8.42 Å². The summed E-state index contributed by atoms with van der Waals surface area (Å²) in [5, 5.41) is 3.80. The van der Waals surface area contributed by atoms with Crippen molar-refractivity contribution < 1.29 is 8.42 Å². The molecule has 5 nitrogen and oxygen atoms in total. The predicted molar refractivity (Wildman–Crippen MR) is 70.7 cm³/mol. The van der Waals surface area contributed by atoms with E-state index in [1.807, 2.05) is 6.92 Å². The van der Waals surface area contributed by atoms with Gasteiger partial charge in [-0.3, -0.25) is 0 Å². The van der Waals surface area contributed by atoms with Crippen LogP contribution >= 0.6 is 11.3 Å². The highest BCUT2D eigenvalue weighted by molar-refractivity contribution is 7.89. The molecule has 1 heterocycles. The summed E-state index contributed by atoms with van der Waals surface area (Å²) in [4.78, 5) is 5.34. The molecule has 17 heavy (non-hydrogen) atoms. The summed E-state index contributed by atoms with van der Waals surface area (Å²) in [5.41, 5.74) is 0. The Labute approximate surface area is 107 Å². The minimum absolute atomic E-state index is 0.104. The lowest BCUT2D eigenvalue weighted by molar-refractivity contribution is 0.577. The molecule has 1 aromatic rings. The van der Waals surface area contributed by atoms with Gasteiger partial charge in [0, 0.05) is 17.6 Å². The zero-order valence-electron chi connectivity index (χ0n) is 10.2. The minimum atomic E-state index is -3.20. The van der Waals surface area contributed by atoms with Crippen LogP contribution in [0.4, 0.5) is 0 Å². The number of rotatable bonds is 8. The number of hydrogen-bond donors (Lipinski definition) is 2. The molecule has 0 bridgehead atoms. The molecule has 0 aliphatic carbocycles. The van der Waals surface area contributed by atoms with Crippen molar-refractivity contribution in [1.29, 1.82) is 0 Å². The third-order valence-corrected chi connectivity index (χ3v) is 4.66. The summed E-state index contributed by atoms with van der Waals surface area (Å²) in [6.07, 6.45) is 2.73. The number of aryl methyl sites for hydroxylation is 1. The molecule has 1 rings (SSSR count). The molecule has 1 aromatic heterocycles. The third-order valence-electron chi connectivity index (χ3n) is 2.19. The van der Waals surface area contributed by atoms with Crippen LogP contribution < -0.4 is 10.0 Å². The van der Waals surface area contributed by atoms with Crippen LogP contribution in [0, 0.1) is 0 Å². The largest absolute Gasteiger partial charge is 0.316 e. The van der Waals surface area contributed by atoms with E-state index in [4.69, 9.17) is 0 Å². The fraction of sp³-hybridized carbons (Fsp3) is 0.700. The summed E-state index contributed by atoms with van der Waals surface area (Å²) in [5.74, 6) is 0.104. The van der Waals surface area contributed by atoms with Crippen LogP contribution in [-0.2, 0) is 23.0 Å². The number of nitrogens with one attached hydrogen (secondary N) is 2. The standard InChI is InChI=1S/C10H19N3O2S2/c1-3-9-7-12-10(16-9)8-13-17(14,15)6-5-11-4-2/h7,11,13H,3-6,8H2,1-2H3. The molecule has 98 valence electrons. The van der Waals surface area contributed by atoms with E-state index in [0.717, 1.165) is 18.0 Å². The van der Waals surface area contributed by atoms with E-state index < -0.39 is 10.0 Å². The van der Waals surface area contributed by atoms with E-state index in [1.54, 1.807) is 17.5 Å². The van der Waals surface area contributed by atoms with Crippen molar-refractivity contribution in [3.63, 3.8) is 0 Å². The fourth-order valence-corrected chi connectivity index (χ4v) is 3.03. The number of thiazole rings is 1. The molecule has 0 aliphatic rings. The van der Waals surface area contributed by atoms with Crippen molar-refractivity contribution in [2.75, 3.05) is 18.8 Å². The van der Waals surface area contributed by atoms with Gasteiger partial charge < -0.3 is 5.32 Å². The summed E-state index contributed by atoms with van der Waals surface area (Å²) < 4.78 is 25.7. The van der Waals surface area contributed by atoms with Crippen molar-refractivity contribution >= 4 is 21.4 Å². The maximum absolute atomic E-state index is 11.6. The maximum atomic E-state index is 11.6. The second-order valence-corrected chi connectivity index (χ2v) is 6.69. The summed E-state index contributed by atoms with van der Waals surface area (Å²) in [6, 6.07) is 0. The molecule has 0 amide bonds. The Morgan fingerprint density at radius 2 is 2.18 bits per heavy atom. The van der Waals surface area contributed by atoms with Gasteiger partial charge in [0.05, 0.1) is 12.3 Å². The van der Waals surface area contributed by atoms with Gasteiger partial charge in [-0.1, -0.05) is 13.8 Å². The molecule has 0 aliphatic heterocycles. The van der Waals surface area contributed by atoms with Gasteiger partial charge >= 0.3 is 0 Å². The van der Waals surface area contributed by atoms with Gasteiger partial charge in [0.1, 0.15) is 5.01 Å². The zero-order valence-corrected chi connectivity index (χ0v) is 11.8. The van der Waals surface area contributed by atoms with Gasteiger partial charge in [-0.2, -0.15) is 0 Å². The molecular weight excluding hydrogens is 258 g/mol. The molecular formula is C10H19N3O2S2. The van der Waals surface area contributed by atoms with Gasteiger partial charge in [0.25, 0.3) is 0 Å². The van der Waals surface area contributed by atoms with Crippen LogP contribution in [0.1, 0.15) is 23.7 Å². The molecule has 0 aromatic carbocycles. The highest BCUT2D eigenvalue weighted by Crippen LogP contribution is 2.13. The van der Waals surface area contributed by atoms with Crippen LogP contribution in [0.15, 0.2) is 6.20 Å². The topological polar surface area (TPSA) is 71.1 Å². The lowest BCUT2D eigenvalue weighted by Crippen LogP contribution is -2.31. The van der Waals surface area contributed by atoms with Crippen molar-refractivity contribution in [3.8, 4) is 0 Å². The Morgan fingerprint density at radius 3 is 2.76 bits per heavy atom. The molecule has 2 N–H and O–H groups in total. The van der Waals surface area contributed by atoms with Gasteiger partial charge in [0.15, 0.2) is 0 Å². The van der Waals surface area contributed by atoms with Crippen LogP contribution in [0.3, 0.4) is 0 Å². The highest BCUT2D eigenvalue weighted by Gasteiger charge is 2.10. The van der Waals surface area contributed by atoms with E-state index in [-0.39, 0.29) is 5.75 Å². The van der Waals surface area contributed by atoms with Crippen LogP contribution in [0.5, 0.6) is 0 Å². The van der Waals surface area contributed by atoms with Gasteiger partial charge in [0.2, 0.25) is 10.0 Å². The van der Waals surface area contributed by atoms with E-state index in [0.29, 0.717) is 13.1 Å². The molecule has 7 heteroatoms. The quantitative estimate of drug-likeness (QED) is 0.687. The normalized spacial score (nSPS) is 11.9. The number of hydrogen-bond acceptors (Lipinski definition) is 5. The van der Waals surface area contributed by atoms with E-state index >= 15 is 0 Å². The molecule has 0 fully saturated rings. The first-order valence-electron chi connectivity index (χ1n) is 5.69. The first-order valence-corrected chi connectivity index (χ1v) is 8.16. The molecule has 0 saturated carbocycles. The lowest BCUT2D eigenvalue weighted by atomic mass is 10.4. The van der Waals surface area contributed by atoms with E-state index in [1.165, 1.54) is 4.88 Å². The number of sulfonamides is 1. The van der Waals surface area contributed by atoms with Gasteiger partial charge in [-0.05, 0) is 13.0 Å². The first kappa shape index (κ1) is 14.6. The summed E-state index contributed by atoms with van der Waals surface area (Å²) in [6.45, 7) is 5.55. The minimum Gasteiger partial charge on any atom is -0.316 e. The smallest absolute Gasteiger partial charge is 0.213 e. The fourth-order valence-electron chi connectivity index (χ4n) is 1.22. The average Bonchev–Trinajstić information content (AvgIpc) is 2.75. The monoisotopic (exact) mass is 277 g/mol. The Hall–Kier alpha value is -0.500. The second kappa shape index (κ2) is 7.05. The van der Waals surface area contributed by atoms with Crippen molar-refractivity contribution in [1.82, 2.24) is 15.0 Å². The number of nitrogens with zero attached hydrogens (tertiary/aromatic N) is 1. The summed E-state index contributed by atoms with van der Waals surface area (Å²) in [7, 11) is -3.20. The van der Waals surface area contributed by atoms with Crippen LogP contribution in [0.25, 0.3) is 0 Å². The Morgan fingerprint density at radius 1 is 1.41 bits per heavy atom. The zero-order chi connectivity index (χ0) is 12.7. The number of aromatic nitrogens is 1. The maximum Gasteiger partial charge on any atom is 0.213 e. The Kier molecular flexibility index (Phi) is 6.04. The molecule has 0 unspecified atom stereocenters.